The first-order valence-electron chi connectivity index (χ1n) is 9.77. The minimum Gasteiger partial charge on any atom is -0.339 e. The Morgan fingerprint density at radius 2 is 1.67 bits per heavy atom. The third-order valence-corrected chi connectivity index (χ3v) is 6.09. The quantitative estimate of drug-likeness (QED) is 0.836. The van der Waals surface area contributed by atoms with E-state index in [1.54, 1.807) is 0 Å². The molecular formula is C23H26N2O2. The van der Waals surface area contributed by atoms with Crippen molar-refractivity contribution in [3.63, 3.8) is 0 Å². The Morgan fingerprint density at radius 3 is 2.37 bits per heavy atom. The number of benzene rings is 2. The van der Waals surface area contributed by atoms with Crippen LogP contribution in [0.15, 0.2) is 54.6 Å². The first kappa shape index (κ1) is 17.8. The molecule has 4 nitrogen and oxygen atoms in total. The van der Waals surface area contributed by atoms with Crippen molar-refractivity contribution in [1.82, 2.24) is 9.80 Å². The first-order chi connectivity index (χ1) is 13.1. The molecule has 1 spiro atoms. The summed E-state index contributed by atoms with van der Waals surface area (Å²) in [4.78, 5) is 29.7. The standard InChI is InChI=1S/C23H26N2O2/c1-18-6-5-7-19(16-18)17-25-15-12-23(22(25)27)10-13-24(14-11-23)21(26)20-8-3-2-4-9-20/h2-9,16H,10-15,17H2,1H3. The molecule has 0 radical (unpaired) electrons. The van der Waals surface area contributed by atoms with E-state index in [1.165, 1.54) is 11.1 Å². The second kappa shape index (κ2) is 7.18. The maximum atomic E-state index is 13.1. The summed E-state index contributed by atoms with van der Waals surface area (Å²) in [6.07, 6.45) is 2.45. The monoisotopic (exact) mass is 362 g/mol. The molecule has 4 rings (SSSR count). The van der Waals surface area contributed by atoms with E-state index in [4.69, 9.17) is 0 Å². The molecule has 2 aromatic carbocycles. The predicted octanol–water partition coefficient (Wildman–Crippen LogP) is 3.65. The molecule has 0 saturated carbocycles. The summed E-state index contributed by atoms with van der Waals surface area (Å²) in [5.74, 6) is 0.350. The van der Waals surface area contributed by atoms with Crippen LogP contribution in [-0.2, 0) is 11.3 Å². The number of hydrogen-bond donors (Lipinski definition) is 0. The highest BCUT2D eigenvalue weighted by Gasteiger charge is 2.48. The van der Waals surface area contributed by atoms with Crippen LogP contribution in [0.25, 0.3) is 0 Å². The summed E-state index contributed by atoms with van der Waals surface area (Å²) in [6.45, 7) is 4.92. The van der Waals surface area contributed by atoms with Crippen LogP contribution in [0.4, 0.5) is 0 Å². The molecular weight excluding hydrogens is 336 g/mol. The smallest absolute Gasteiger partial charge is 0.253 e. The zero-order valence-electron chi connectivity index (χ0n) is 15.9. The summed E-state index contributed by atoms with van der Waals surface area (Å²) < 4.78 is 0. The van der Waals surface area contributed by atoms with Gasteiger partial charge in [-0.05, 0) is 43.9 Å². The molecule has 2 aliphatic heterocycles. The maximum absolute atomic E-state index is 13.1. The molecule has 2 aliphatic rings. The van der Waals surface area contributed by atoms with E-state index in [0.717, 1.165) is 31.4 Å². The molecule has 0 aliphatic carbocycles. The Hall–Kier alpha value is -2.62. The molecule has 0 aromatic heterocycles. The number of amides is 2. The van der Waals surface area contributed by atoms with E-state index in [2.05, 4.69) is 31.2 Å². The van der Waals surface area contributed by atoms with Gasteiger partial charge in [-0.3, -0.25) is 9.59 Å². The molecule has 0 N–H and O–H groups in total. The third kappa shape index (κ3) is 3.48. The van der Waals surface area contributed by atoms with Gasteiger partial charge in [-0.1, -0.05) is 48.0 Å². The molecule has 2 saturated heterocycles. The lowest BCUT2D eigenvalue weighted by molar-refractivity contribution is -0.138. The summed E-state index contributed by atoms with van der Waals surface area (Å²) in [5.41, 5.74) is 2.88. The van der Waals surface area contributed by atoms with Crippen molar-refractivity contribution in [2.45, 2.75) is 32.7 Å². The third-order valence-electron chi connectivity index (χ3n) is 6.09. The van der Waals surface area contributed by atoms with Gasteiger partial charge in [0.1, 0.15) is 0 Å². The number of nitrogens with zero attached hydrogens (tertiary/aromatic N) is 2. The zero-order chi connectivity index (χ0) is 18.9. The fourth-order valence-electron chi connectivity index (χ4n) is 4.44. The molecule has 2 heterocycles. The Bertz CT molecular complexity index is 838. The van der Waals surface area contributed by atoms with Gasteiger partial charge in [0.2, 0.25) is 5.91 Å². The summed E-state index contributed by atoms with van der Waals surface area (Å²) in [6, 6.07) is 17.8. The Balaban J connectivity index is 1.39. The number of rotatable bonds is 3. The van der Waals surface area contributed by atoms with Crippen molar-refractivity contribution in [3.8, 4) is 0 Å². The normalized spacial score (nSPS) is 18.9. The minimum atomic E-state index is -0.267. The van der Waals surface area contributed by atoms with Gasteiger partial charge in [-0.2, -0.15) is 0 Å². The molecule has 140 valence electrons. The van der Waals surface area contributed by atoms with Crippen molar-refractivity contribution in [1.29, 1.82) is 0 Å². The van der Waals surface area contributed by atoms with Crippen LogP contribution >= 0.6 is 0 Å². The molecule has 2 amide bonds. The van der Waals surface area contributed by atoms with Crippen LogP contribution in [-0.4, -0.2) is 41.2 Å². The van der Waals surface area contributed by atoms with E-state index in [-0.39, 0.29) is 17.2 Å². The van der Waals surface area contributed by atoms with Crippen molar-refractivity contribution in [2.75, 3.05) is 19.6 Å². The fraction of sp³-hybridized carbons (Fsp3) is 0.391. The Morgan fingerprint density at radius 1 is 0.963 bits per heavy atom. The summed E-state index contributed by atoms with van der Waals surface area (Å²) in [7, 11) is 0. The van der Waals surface area contributed by atoms with Crippen LogP contribution < -0.4 is 0 Å². The second-order valence-corrected chi connectivity index (χ2v) is 7.90. The topological polar surface area (TPSA) is 40.6 Å². The molecule has 2 aromatic rings. The predicted molar refractivity (Wildman–Crippen MR) is 105 cm³/mol. The Labute approximate surface area is 160 Å². The molecule has 0 unspecified atom stereocenters. The lowest BCUT2D eigenvalue weighted by Gasteiger charge is -2.38. The lowest BCUT2D eigenvalue weighted by Crippen LogP contribution is -2.46. The van der Waals surface area contributed by atoms with Crippen molar-refractivity contribution >= 4 is 11.8 Å². The van der Waals surface area contributed by atoms with Crippen LogP contribution in [0.2, 0.25) is 0 Å². The summed E-state index contributed by atoms with van der Waals surface area (Å²) in [5, 5.41) is 0. The molecule has 4 heteroatoms. The number of aryl methyl sites for hydroxylation is 1. The van der Waals surface area contributed by atoms with Gasteiger partial charge in [0.15, 0.2) is 0 Å². The number of likely N-dealkylation sites (tertiary alicyclic amines) is 2. The second-order valence-electron chi connectivity index (χ2n) is 7.90. The van der Waals surface area contributed by atoms with Crippen LogP contribution in [0.5, 0.6) is 0 Å². The van der Waals surface area contributed by atoms with Crippen molar-refractivity contribution in [2.24, 2.45) is 5.41 Å². The average Bonchev–Trinajstić information content (AvgIpc) is 2.98. The highest BCUT2D eigenvalue weighted by Crippen LogP contribution is 2.42. The van der Waals surface area contributed by atoms with Gasteiger partial charge in [0.25, 0.3) is 5.91 Å². The van der Waals surface area contributed by atoms with E-state index < -0.39 is 0 Å². The highest BCUT2D eigenvalue weighted by molar-refractivity contribution is 5.94. The van der Waals surface area contributed by atoms with Gasteiger partial charge < -0.3 is 9.80 Å². The van der Waals surface area contributed by atoms with Gasteiger partial charge in [0.05, 0.1) is 5.41 Å². The highest BCUT2D eigenvalue weighted by atomic mass is 16.2. The van der Waals surface area contributed by atoms with E-state index in [1.807, 2.05) is 40.1 Å². The number of carbonyl (C=O) groups is 2. The van der Waals surface area contributed by atoms with Crippen molar-refractivity contribution in [3.05, 3.63) is 71.3 Å². The van der Waals surface area contributed by atoms with Gasteiger partial charge in [-0.15, -0.1) is 0 Å². The van der Waals surface area contributed by atoms with Gasteiger partial charge in [0, 0.05) is 31.7 Å². The first-order valence-corrected chi connectivity index (χ1v) is 9.77. The largest absolute Gasteiger partial charge is 0.339 e. The number of hydrogen-bond acceptors (Lipinski definition) is 2. The average molecular weight is 362 g/mol. The molecule has 0 bridgehead atoms. The van der Waals surface area contributed by atoms with Crippen LogP contribution in [0, 0.1) is 12.3 Å². The van der Waals surface area contributed by atoms with E-state index >= 15 is 0 Å². The Kier molecular flexibility index (Phi) is 4.73. The lowest BCUT2D eigenvalue weighted by atomic mass is 9.77. The zero-order valence-corrected chi connectivity index (χ0v) is 15.9. The maximum Gasteiger partial charge on any atom is 0.253 e. The molecule has 2 fully saturated rings. The van der Waals surface area contributed by atoms with Gasteiger partial charge >= 0.3 is 0 Å². The van der Waals surface area contributed by atoms with Crippen LogP contribution in [0.3, 0.4) is 0 Å². The number of carbonyl (C=O) groups excluding carboxylic acids is 2. The fourth-order valence-corrected chi connectivity index (χ4v) is 4.44. The van der Waals surface area contributed by atoms with Crippen LogP contribution in [0.1, 0.15) is 40.7 Å². The number of piperidine rings is 1. The summed E-state index contributed by atoms with van der Waals surface area (Å²) >= 11 is 0. The molecule has 0 atom stereocenters. The SMILES string of the molecule is Cc1cccc(CN2CCC3(CCN(C(=O)c4ccccc4)CC3)C2=O)c1. The molecule has 27 heavy (non-hydrogen) atoms. The van der Waals surface area contributed by atoms with Gasteiger partial charge in [-0.25, -0.2) is 0 Å². The minimum absolute atomic E-state index is 0.0764. The van der Waals surface area contributed by atoms with E-state index in [9.17, 15) is 9.59 Å². The van der Waals surface area contributed by atoms with Crippen molar-refractivity contribution < 1.29 is 9.59 Å². The van der Waals surface area contributed by atoms with E-state index in [0.29, 0.717) is 19.6 Å².